The van der Waals surface area contributed by atoms with Gasteiger partial charge in [-0.3, -0.25) is 0 Å². The van der Waals surface area contributed by atoms with E-state index in [1.54, 1.807) is 42.5 Å². The van der Waals surface area contributed by atoms with Crippen molar-refractivity contribution in [3.63, 3.8) is 0 Å². The first kappa shape index (κ1) is 18.3. The Bertz CT molecular complexity index is 785. The molecule has 5 unspecified atom stereocenters. The Morgan fingerprint density at radius 1 is 0.962 bits per heavy atom. The number of hydrogen-bond acceptors (Lipinski definition) is 7. The number of nitrogens with zero attached hydrogens (tertiary/aromatic N) is 1. The summed E-state index contributed by atoms with van der Waals surface area (Å²) in [5.41, 5.74) is 2.32. The molecule has 0 radical (unpaired) electrons. The zero-order valence-electron chi connectivity index (χ0n) is 13.8. The fourth-order valence-corrected chi connectivity index (χ4v) is 2.79. The van der Waals surface area contributed by atoms with Gasteiger partial charge in [-0.1, -0.05) is 24.3 Å². The van der Waals surface area contributed by atoms with Gasteiger partial charge in [0.05, 0.1) is 18.2 Å². The molecular formula is C19H19NO6. The molecule has 2 aromatic carbocycles. The molecule has 7 nitrogen and oxygen atoms in total. The summed E-state index contributed by atoms with van der Waals surface area (Å²) in [6.07, 6.45) is -6.62. The first-order valence-corrected chi connectivity index (χ1v) is 8.11. The van der Waals surface area contributed by atoms with Gasteiger partial charge in [0, 0.05) is 0 Å². The number of rotatable bonds is 4. The number of aliphatic hydroxyl groups excluding tert-OH is 4. The summed E-state index contributed by atoms with van der Waals surface area (Å²) in [6.45, 7) is -0.515. The molecule has 0 aliphatic carbocycles. The van der Waals surface area contributed by atoms with Crippen LogP contribution in [0, 0.1) is 11.3 Å². The molecule has 0 bridgehead atoms. The predicted octanol–water partition coefficient (Wildman–Crippen LogP) is 0.404. The molecule has 3 rings (SSSR count). The van der Waals surface area contributed by atoms with Crippen molar-refractivity contribution in [3.05, 3.63) is 54.1 Å². The SMILES string of the molecule is N#Cc1cccc(-c2ccc(OC3OC(CO)C(O)C(O)C3O)cc2)c1. The van der Waals surface area contributed by atoms with Crippen molar-refractivity contribution >= 4 is 0 Å². The highest BCUT2D eigenvalue weighted by molar-refractivity contribution is 5.65. The van der Waals surface area contributed by atoms with E-state index in [9.17, 15) is 20.4 Å². The number of hydrogen-bond donors (Lipinski definition) is 4. The lowest BCUT2D eigenvalue weighted by Crippen LogP contribution is -2.60. The van der Waals surface area contributed by atoms with Gasteiger partial charge in [-0.05, 0) is 35.4 Å². The van der Waals surface area contributed by atoms with Gasteiger partial charge < -0.3 is 29.9 Å². The standard InChI is InChI=1S/C19H19NO6/c20-9-11-2-1-3-13(8-11)12-4-6-14(7-5-12)25-19-18(24)17(23)16(22)15(10-21)26-19/h1-8,15-19,21-24H,10H2. The second-order valence-corrected chi connectivity index (χ2v) is 6.03. The fourth-order valence-electron chi connectivity index (χ4n) is 2.79. The fraction of sp³-hybridized carbons (Fsp3) is 0.316. The van der Waals surface area contributed by atoms with Crippen molar-refractivity contribution in [2.45, 2.75) is 30.7 Å². The smallest absolute Gasteiger partial charge is 0.229 e. The van der Waals surface area contributed by atoms with E-state index in [0.717, 1.165) is 11.1 Å². The molecule has 4 N–H and O–H groups in total. The Hall–Kier alpha value is -2.47. The summed E-state index contributed by atoms with van der Waals surface area (Å²) in [5.74, 6) is 0.384. The van der Waals surface area contributed by atoms with Gasteiger partial charge >= 0.3 is 0 Å². The van der Waals surface area contributed by atoms with Gasteiger partial charge in [-0.25, -0.2) is 0 Å². The van der Waals surface area contributed by atoms with E-state index in [1.165, 1.54) is 0 Å². The molecule has 1 fully saturated rings. The van der Waals surface area contributed by atoms with Crippen molar-refractivity contribution in [2.75, 3.05) is 6.61 Å². The molecule has 0 aromatic heterocycles. The Morgan fingerprint density at radius 2 is 1.69 bits per heavy atom. The third-order valence-electron chi connectivity index (χ3n) is 4.28. The monoisotopic (exact) mass is 357 g/mol. The van der Waals surface area contributed by atoms with Crippen molar-refractivity contribution in [1.29, 1.82) is 5.26 Å². The number of ether oxygens (including phenoxy) is 2. The second kappa shape index (κ2) is 7.83. The largest absolute Gasteiger partial charge is 0.462 e. The third kappa shape index (κ3) is 3.70. The highest BCUT2D eigenvalue weighted by Crippen LogP contribution is 2.27. The van der Waals surface area contributed by atoms with Crippen molar-refractivity contribution in [2.24, 2.45) is 0 Å². The predicted molar refractivity (Wildman–Crippen MR) is 91.0 cm³/mol. The quantitative estimate of drug-likeness (QED) is 0.625. The molecular weight excluding hydrogens is 338 g/mol. The highest BCUT2D eigenvalue weighted by Gasteiger charge is 2.44. The van der Waals surface area contributed by atoms with Gasteiger partial charge in [0.2, 0.25) is 6.29 Å². The molecule has 1 aliphatic heterocycles. The Labute approximate surface area is 150 Å². The van der Waals surface area contributed by atoms with E-state index < -0.39 is 37.3 Å². The Balaban J connectivity index is 1.74. The van der Waals surface area contributed by atoms with E-state index in [2.05, 4.69) is 6.07 Å². The zero-order chi connectivity index (χ0) is 18.7. The van der Waals surface area contributed by atoms with Crippen molar-refractivity contribution in [3.8, 4) is 22.9 Å². The van der Waals surface area contributed by atoms with Crippen LogP contribution in [0.1, 0.15) is 5.56 Å². The van der Waals surface area contributed by atoms with Crippen molar-refractivity contribution in [1.82, 2.24) is 0 Å². The second-order valence-electron chi connectivity index (χ2n) is 6.03. The molecule has 0 saturated carbocycles. The average molecular weight is 357 g/mol. The molecule has 0 amide bonds. The summed E-state index contributed by atoms with van der Waals surface area (Å²) in [7, 11) is 0. The lowest BCUT2D eigenvalue weighted by atomic mass is 9.99. The molecule has 0 spiro atoms. The first-order valence-electron chi connectivity index (χ1n) is 8.11. The molecule has 2 aromatic rings. The maximum absolute atomic E-state index is 10.0. The first-order chi connectivity index (χ1) is 12.5. The topological polar surface area (TPSA) is 123 Å². The van der Waals surface area contributed by atoms with Crippen LogP contribution in [0.2, 0.25) is 0 Å². The van der Waals surface area contributed by atoms with Crippen LogP contribution in [-0.4, -0.2) is 57.7 Å². The van der Waals surface area contributed by atoms with Crippen LogP contribution in [0.5, 0.6) is 5.75 Å². The third-order valence-corrected chi connectivity index (χ3v) is 4.28. The number of benzene rings is 2. The molecule has 1 saturated heterocycles. The lowest BCUT2D eigenvalue weighted by molar-refractivity contribution is -0.277. The maximum atomic E-state index is 10.0. The molecule has 5 atom stereocenters. The normalized spacial score (nSPS) is 28.3. The van der Waals surface area contributed by atoms with Crippen LogP contribution >= 0.6 is 0 Å². The van der Waals surface area contributed by atoms with Crippen LogP contribution in [0.4, 0.5) is 0 Å². The average Bonchev–Trinajstić information content (AvgIpc) is 2.69. The Morgan fingerprint density at radius 3 is 2.35 bits per heavy atom. The van der Waals surface area contributed by atoms with Gasteiger partial charge in [0.1, 0.15) is 30.2 Å². The molecule has 1 aliphatic rings. The maximum Gasteiger partial charge on any atom is 0.229 e. The van der Waals surface area contributed by atoms with E-state index in [4.69, 9.17) is 14.7 Å². The van der Waals surface area contributed by atoms with E-state index in [0.29, 0.717) is 11.3 Å². The summed E-state index contributed by atoms with van der Waals surface area (Å²) >= 11 is 0. The summed E-state index contributed by atoms with van der Waals surface area (Å²) < 4.78 is 10.9. The Kier molecular flexibility index (Phi) is 5.52. The van der Waals surface area contributed by atoms with Gasteiger partial charge in [0.15, 0.2) is 0 Å². The van der Waals surface area contributed by atoms with Crippen LogP contribution in [-0.2, 0) is 4.74 Å². The van der Waals surface area contributed by atoms with E-state index in [1.807, 2.05) is 6.07 Å². The van der Waals surface area contributed by atoms with Crippen molar-refractivity contribution < 1.29 is 29.9 Å². The van der Waals surface area contributed by atoms with Gasteiger partial charge in [-0.2, -0.15) is 5.26 Å². The van der Waals surface area contributed by atoms with Crippen LogP contribution < -0.4 is 4.74 Å². The minimum Gasteiger partial charge on any atom is -0.462 e. The molecule has 7 heteroatoms. The van der Waals surface area contributed by atoms with E-state index in [-0.39, 0.29) is 0 Å². The van der Waals surface area contributed by atoms with Gasteiger partial charge in [-0.15, -0.1) is 0 Å². The van der Waals surface area contributed by atoms with Crippen LogP contribution in [0.15, 0.2) is 48.5 Å². The molecule has 1 heterocycles. The van der Waals surface area contributed by atoms with E-state index >= 15 is 0 Å². The number of aliphatic hydroxyl groups is 4. The zero-order valence-corrected chi connectivity index (χ0v) is 13.8. The molecule has 26 heavy (non-hydrogen) atoms. The molecule has 136 valence electrons. The van der Waals surface area contributed by atoms with Crippen LogP contribution in [0.25, 0.3) is 11.1 Å². The lowest BCUT2D eigenvalue weighted by Gasteiger charge is -2.39. The summed E-state index contributed by atoms with van der Waals surface area (Å²) in [4.78, 5) is 0. The van der Waals surface area contributed by atoms with Gasteiger partial charge in [0.25, 0.3) is 0 Å². The number of nitriles is 1. The summed E-state index contributed by atoms with van der Waals surface area (Å²) in [5, 5.41) is 47.7. The minimum absolute atomic E-state index is 0.384. The summed E-state index contributed by atoms with van der Waals surface area (Å²) in [6, 6.07) is 16.2. The van der Waals surface area contributed by atoms with Crippen LogP contribution in [0.3, 0.4) is 0 Å². The minimum atomic E-state index is -1.49. The highest BCUT2D eigenvalue weighted by atomic mass is 16.7.